The van der Waals surface area contributed by atoms with Gasteiger partial charge in [-0.1, -0.05) is 32.9 Å². The van der Waals surface area contributed by atoms with Crippen molar-refractivity contribution in [1.29, 1.82) is 0 Å². The summed E-state index contributed by atoms with van der Waals surface area (Å²) in [5.74, 6) is -1.53. The molecule has 3 aliphatic heterocycles. The van der Waals surface area contributed by atoms with Crippen LogP contribution in [0, 0.1) is 23.7 Å². The van der Waals surface area contributed by atoms with Crippen LogP contribution in [0.1, 0.15) is 66.7 Å². The van der Waals surface area contributed by atoms with E-state index in [1.54, 1.807) is 27.6 Å². The predicted molar refractivity (Wildman–Crippen MR) is 148 cm³/mol. The first-order valence-corrected chi connectivity index (χ1v) is 14.7. The van der Waals surface area contributed by atoms with Crippen molar-refractivity contribution in [1.82, 2.24) is 9.80 Å². The van der Waals surface area contributed by atoms with Gasteiger partial charge in [-0.2, -0.15) is 0 Å². The molecule has 8 heteroatoms. The summed E-state index contributed by atoms with van der Waals surface area (Å²) in [6.45, 7) is 18.2. The molecule has 37 heavy (non-hydrogen) atoms. The van der Waals surface area contributed by atoms with Gasteiger partial charge in [0.2, 0.25) is 11.8 Å². The summed E-state index contributed by atoms with van der Waals surface area (Å²) < 4.78 is 4.99. The predicted octanol–water partition coefficient (Wildman–Crippen LogP) is 4.05. The van der Waals surface area contributed by atoms with Crippen LogP contribution in [-0.4, -0.2) is 80.6 Å². The summed E-state index contributed by atoms with van der Waals surface area (Å²) in [7, 11) is 0. The zero-order valence-corrected chi connectivity index (χ0v) is 24.0. The smallest absolute Gasteiger partial charge is 0.310 e. The van der Waals surface area contributed by atoms with E-state index in [1.165, 1.54) is 0 Å². The van der Waals surface area contributed by atoms with E-state index in [0.717, 1.165) is 25.7 Å². The van der Waals surface area contributed by atoms with E-state index >= 15 is 0 Å². The summed E-state index contributed by atoms with van der Waals surface area (Å²) in [5, 5.41) is 10.4. The molecule has 0 aromatic rings. The van der Waals surface area contributed by atoms with Crippen LogP contribution in [0.4, 0.5) is 0 Å². The molecule has 0 radical (unpaired) electrons. The number of likely N-dealkylation sites (tertiary alicyclic amines) is 1. The Morgan fingerprint density at radius 2 is 1.95 bits per heavy atom. The average molecular weight is 535 g/mol. The van der Waals surface area contributed by atoms with Gasteiger partial charge < -0.3 is 19.6 Å². The number of rotatable bonds is 14. The van der Waals surface area contributed by atoms with E-state index in [0.29, 0.717) is 19.6 Å². The lowest BCUT2D eigenvalue weighted by Crippen LogP contribution is -2.60. The maximum absolute atomic E-state index is 14.3. The molecule has 3 aliphatic rings. The molecule has 3 heterocycles. The summed E-state index contributed by atoms with van der Waals surface area (Å²) in [6, 6.07) is -1.30. The van der Waals surface area contributed by atoms with Gasteiger partial charge in [-0.15, -0.1) is 24.9 Å². The first-order valence-electron chi connectivity index (χ1n) is 13.9. The number of thioether (sulfide) groups is 1. The molecular weight excluding hydrogens is 488 g/mol. The van der Waals surface area contributed by atoms with Crippen molar-refractivity contribution in [2.45, 2.75) is 94.8 Å². The number of carbonyl (C=O) groups excluding carboxylic acids is 3. The van der Waals surface area contributed by atoms with Gasteiger partial charge in [-0.05, 0) is 57.8 Å². The second kappa shape index (κ2) is 12.4. The molecular formula is C29H46N2O5S. The number of esters is 1. The van der Waals surface area contributed by atoms with Gasteiger partial charge >= 0.3 is 5.97 Å². The molecule has 208 valence electrons. The highest BCUT2D eigenvalue weighted by Crippen LogP contribution is 2.69. The lowest BCUT2D eigenvalue weighted by molar-refractivity contribution is -0.155. The van der Waals surface area contributed by atoms with Gasteiger partial charge in [-0.3, -0.25) is 14.4 Å². The fourth-order valence-corrected chi connectivity index (χ4v) is 9.12. The van der Waals surface area contributed by atoms with Crippen molar-refractivity contribution in [2.24, 2.45) is 23.7 Å². The summed E-state index contributed by atoms with van der Waals surface area (Å²) >= 11 is 1.65. The number of aliphatic hydroxyl groups excluding tert-OH is 1. The standard InChI is InChI=1S/C29H46N2O5S/c1-8-10-11-12-14-36-28(35)23-22-16-20(7)29(37-22)24(23)26(33)31(21(17-32)15-18(3)4)25(29)27(34)30(13-9-2)19(5)6/h8-9,18-25,32H,1-2,10-17H2,3-7H3/t20?,21-,22-,23+,24+,25?,29?/m1/s1. The number of carbonyl (C=O) groups is 3. The third-order valence-corrected chi connectivity index (χ3v) is 10.4. The Morgan fingerprint density at radius 1 is 1.24 bits per heavy atom. The monoisotopic (exact) mass is 534 g/mol. The minimum Gasteiger partial charge on any atom is -0.465 e. The molecule has 2 bridgehead atoms. The number of hydrogen-bond donors (Lipinski definition) is 1. The SMILES string of the molecule is C=CCCCCOC(=O)[C@@H]1[C@H]2C(=O)N([C@@H](CO)CC(C)C)C(C(=O)N(CC=C)C(C)C)C23S[C@@H]1CC3C. The Balaban J connectivity index is 2.02. The Morgan fingerprint density at radius 3 is 2.51 bits per heavy atom. The quantitative estimate of drug-likeness (QED) is 0.206. The number of hydrogen-bond acceptors (Lipinski definition) is 6. The molecule has 2 amide bonds. The number of fused-ring (bicyclic) bond motifs is 1. The van der Waals surface area contributed by atoms with Crippen LogP contribution in [0.25, 0.3) is 0 Å². The average Bonchev–Trinajstić information content (AvgIpc) is 3.43. The van der Waals surface area contributed by atoms with E-state index in [4.69, 9.17) is 4.74 Å². The van der Waals surface area contributed by atoms with E-state index in [-0.39, 0.29) is 47.5 Å². The molecule has 1 N–H and O–H groups in total. The minimum absolute atomic E-state index is 0.0494. The van der Waals surface area contributed by atoms with Crippen LogP contribution < -0.4 is 0 Å². The second-order valence-corrected chi connectivity index (χ2v) is 13.1. The van der Waals surface area contributed by atoms with Gasteiger partial charge in [0.05, 0.1) is 35.8 Å². The van der Waals surface area contributed by atoms with E-state index in [2.05, 4.69) is 20.1 Å². The van der Waals surface area contributed by atoms with Crippen LogP contribution in [0.3, 0.4) is 0 Å². The number of amides is 2. The molecule has 1 spiro atoms. The van der Waals surface area contributed by atoms with E-state index in [1.807, 2.05) is 33.8 Å². The maximum Gasteiger partial charge on any atom is 0.310 e. The molecule has 7 atom stereocenters. The Bertz CT molecular complexity index is 876. The minimum atomic E-state index is -0.737. The fourth-order valence-electron chi connectivity index (χ4n) is 6.73. The molecule has 3 saturated heterocycles. The first kappa shape index (κ1) is 29.8. The van der Waals surface area contributed by atoms with Crippen LogP contribution in [0.2, 0.25) is 0 Å². The van der Waals surface area contributed by atoms with Crippen LogP contribution in [0.5, 0.6) is 0 Å². The second-order valence-electron chi connectivity index (χ2n) is 11.6. The van der Waals surface area contributed by atoms with Crippen LogP contribution in [0.15, 0.2) is 25.3 Å². The van der Waals surface area contributed by atoms with Crippen molar-refractivity contribution in [3.63, 3.8) is 0 Å². The van der Waals surface area contributed by atoms with Crippen molar-refractivity contribution < 1.29 is 24.2 Å². The molecule has 3 rings (SSSR count). The lowest BCUT2D eigenvalue weighted by atomic mass is 9.66. The highest BCUT2D eigenvalue weighted by molar-refractivity contribution is 8.02. The first-order chi connectivity index (χ1) is 17.6. The van der Waals surface area contributed by atoms with Crippen molar-refractivity contribution in [3.05, 3.63) is 25.3 Å². The van der Waals surface area contributed by atoms with Gasteiger partial charge in [0.25, 0.3) is 0 Å². The lowest BCUT2D eigenvalue weighted by Gasteiger charge is -2.43. The third-order valence-electron chi connectivity index (χ3n) is 8.32. The topological polar surface area (TPSA) is 87.1 Å². The van der Waals surface area contributed by atoms with Crippen molar-refractivity contribution in [2.75, 3.05) is 19.8 Å². The normalized spacial score (nSPS) is 31.1. The van der Waals surface area contributed by atoms with Crippen LogP contribution >= 0.6 is 11.8 Å². The van der Waals surface area contributed by atoms with E-state index < -0.39 is 28.7 Å². The number of nitrogens with zero attached hydrogens (tertiary/aromatic N) is 2. The number of ether oxygens (including phenoxy) is 1. The molecule has 0 saturated carbocycles. The third kappa shape index (κ3) is 5.38. The Kier molecular flexibility index (Phi) is 9.95. The van der Waals surface area contributed by atoms with Gasteiger partial charge in [0, 0.05) is 17.8 Å². The Labute approximate surface area is 227 Å². The zero-order chi connectivity index (χ0) is 27.5. The summed E-state index contributed by atoms with van der Waals surface area (Å²) in [6.07, 6.45) is 7.43. The highest BCUT2D eigenvalue weighted by Gasteiger charge is 2.77. The van der Waals surface area contributed by atoms with E-state index in [9.17, 15) is 19.5 Å². The summed E-state index contributed by atoms with van der Waals surface area (Å²) in [4.78, 5) is 45.5. The zero-order valence-electron chi connectivity index (χ0n) is 23.2. The summed E-state index contributed by atoms with van der Waals surface area (Å²) in [5.41, 5.74) is 0. The Hall–Kier alpha value is -1.80. The molecule has 3 unspecified atom stereocenters. The molecule has 0 aromatic heterocycles. The van der Waals surface area contributed by atoms with Gasteiger partial charge in [-0.25, -0.2) is 0 Å². The molecule has 0 aromatic carbocycles. The van der Waals surface area contributed by atoms with Gasteiger partial charge in [0.15, 0.2) is 0 Å². The molecule has 3 fully saturated rings. The van der Waals surface area contributed by atoms with Crippen LogP contribution in [-0.2, 0) is 19.1 Å². The van der Waals surface area contributed by atoms with Crippen molar-refractivity contribution >= 4 is 29.5 Å². The number of unbranched alkanes of at least 4 members (excludes halogenated alkanes) is 2. The van der Waals surface area contributed by atoms with Crippen molar-refractivity contribution in [3.8, 4) is 0 Å². The van der Waals surface area contributed by atoms with Gasteiger partial charge in [0.1, 0.15) is 6.04 Å². The largest absolute Gasteiger partial charge is 0.465 e. The maximum atomic E-state index is 14.3. The fraction of sp³-hybridized carbons (Fsp3) is 0.759. The molecule has 0 aliphatic carbocycles. The molecule has 7 nitrogen and oxygen atoms in total. The highest BCUT2D eigenvalue weighted by atomic mass is 32.2. The number of aliphatic hydroxyl groups is 1. The number of allylic oxidation sites excluding steroid dienone is 1.